The normalized spacial score (nSPS) is 32.5. The van der Waals surface area contributed by atoms with Crippen molar-refractivity contribution in [2.75, 3.05) is 7.05 Å². The van der Waals surface area contributed by atoms with Gasteiger partial charge in [-0.1, -0.05) is 6.07 Å². The molecule has 0 aromatic heterocycles. The first kappa shape index (κ1) is 13.0. The third-order valence-electron chi connectivity index (χ3n) is 4.86. The molecule has 4 heteroatoms. The molecule has 2 aliphatic heterocycles. The lowest BCUT2D eigenvalue weighted by Crippen LogP contribution is -2.41. The van der Waals surface area contributed by atoms with E-state index in [0.717, 1.165) is 31.7 Å². The van der Waals surface area contributed by atoms with Gasteiger partial charge in [0.2, 0.25) is 0 Å². The van der Waals surface area contributed by atoms with Crippen molar-refractivity contribution in [2.24, 2.45) is 5.92 Å². The van der Waals surface area contributed by atoms with Crippen molar-refractivity contribution in [1.82, 2.24) is 4.90 Å². The van der Waals surface area contributed by atoms with Crippen LogP contribution in [-0.4, -0.2) is 29.1 Å². The molecule has 0 amide bonds. The number of aliphatic hydroxyl groups excluding tert-OH is 1. The van der Waals surface area contributed by atoms with E-state index < -0.39 is 17.7 Å². The number of piperidine rings is 1. The van der Waals surface area contributed by atoms with E-state index in [-0.39, 0.29) is 11.5 Å². The number of hydrogen-bond acceptors (Lipinski definition) is 2. The van der Waals surface area contributed by atoms with Gasteiger partial charge in [-0.25, -0.2) is 8.78 Å². The van der Waals surface area contributed by atoms with E-state index in [2.05, 4.69) is 11.9 Å². The number of hydrogen-bond donors (Lipinski definition) is 1. The molecule has 3 rings (SSSR count). The lowest BCUT2D eigenvalue weighted by molar-refractivity contribution is 0.0336. The Labute approximate surface area is 112 Å². The van der Waals surface area contributed by atoms with E-state index in [9.17, 15) is 13.9 Å². The van der Waals surface area contributed by atoms with Gasteiger partial charge in [-0.3, -0.25) is 0 Å². The molecule has 2 heterocycles. The van der Waals surface area contributed by atoms with Crippen LogP contribution in [0.15, 0.2) is 18.2 Å². The molecule has 3 unspecified atom stereocenters. The van der Waals surface area contributed by atoms with Crippen LogP contribution < -0.4 is 0 Å². The molecule has 2 aliphatic rings. The lowest BCUT2D eigenvalue weighted by atomic mass is 9.83. The first-order chi connectivity index (χ1) is 9.06. The molecule has 0 spiro atoms. The highest BCUT2D eigenvalue weighted by atomic mass is 19.1. The third-order valence-corrected chi connectivity index (χ3v) is 4.86. The first-order valence-electron chi connectivity index (χ1n) is 6.91. The summed E-state index contributed by atoms with van der Waals surface area (Å²) in [5.41, 5.74) is 0.232. The number of nitrogens with zero attached hydrogens (tertiary/aromatic N) is 1. The summed E-state index contributed by atoms with van der Waals surface area (Å²) in [7, 11) is 2.13. The van der Waals surface area contributed by atoms with E-state index >= 15 is 0 Å². The molecule has 2 saturated heterocycles. The van der Waals surface area contributed by atoms with Gasteiger partial charge in [0.25, 0.3) is 0 Å². The van der Waals surface area contributed by atoms with Crippen LogP contribution in [0.5, 0.6) is 0 Å². The second-order valence-corrected chi connectivity index (χ2v) is 5.89. The number of halogens is 2. The second-order valence-electron chi connectivity index (χ2n) is 5.89. The quantitative estimate of drug-likeness (QED) is 0.890. The Hall–Kier alpha value is -1.00. The highest BCUT2D eigenvalue weighted by Gasteiger charge is 2.41. The van der Waals surface area contributed by atoms with Crippen LogP contribution >= 0.6 is 0 Å². The van der Waals surface area contributed by atoms with E-state index in [1.807, 2.05) is 0 Å². The van der Waals surface area contributed by atoms with Crippen molar-refractivity contribution in [1.29, 1.82) is 0 Å². The Kier molecular flexibility index (Phi) is 3.31. The van der Waals surface area contributed by atoms with E-state index in [0.29, 0.717) is 12.1 Å². The molecule has 0 radical (unpaired) electrons. The van der Waals surface area contributed by atoms with Gasteiger partial charge in [0.15, 0.2) is 0 Å². The van der Waals surface area contributed by atoms with Gasteiger partial charge in [0.05, 0.1) is 6.10 Å². The Morgan fingerprint density at radius 3 is 2.42 bits per heavy atom. The lowest BCUT2D eigenvalue weighted by Gasteiger charge is -2.38. The number of benzene rings is 1. The fourth-order valence-electron chi connectivity index (χ4n) is 3.71. The van der Waals surface area contributed by atoms with E-state index in [4.69, 9.17) is 0 Å². The standard InChI is InChI=1S/C15H19F2NO/c1-18-11-3-4-12(18)7-9(6-11)15(19)13-5-2-10(16)8-14(13)17/h2,5,8-9,11-12,15,19H,3-4,6-7H2,1H3. The van der Waals surface area contributed by atoms with E-state index in [1.54, 1.807) is 0 Å². The molecule has 0 saturated carbocycles. The van der Waals surface area contributed by atoms with Crippen molar-refractivity contribution >= 4 is 0 Å². The zero-order valence-electron chi connectivity index (χ0n) is 11.0. The number of rotatable bonds is 2. The smallest absolute Gasteiger partial charge is 0.131 e. The summed E-state index contributed by atoms with van der Waals surface area (Å²) in [6, 6.07) is 4.44. The maximum Gasteiger partial charge on any atom is 0.131 e. The number of fused-ring (bicyclic) bond motifs is 2. The fourth-order valence-corrected chi connectivity index (χ4v) is 3.71. The Bertz CT molecular complexity index is 465. The summed E-state index contributed by atoms with van der Waals surface area (Å²) in [5, 5.41) is 10.4. The van der Waals surface area contributed by atoms with Gasteiger partial charge in [0.1, 0.15) is 11.6 Å². The number of aliphatic hydroxyl groups is 1. The van der Waals surface area contributed by atoms with Crippen molar-refractivity contribution in [3.63, 3.8) is 0 Å². The summed E-state index contributed by atoms with van der Waals surface area (Å²) in [5.74, 6) is -1.16. The van der Waals surface area contributed by atoms with Gasteiger partial charge in [-0.2, -0.15) is 0 Å². The van der Waals surface area contributed by atoms with Crippen LogP contribution in [0.3, 0.4) is 0 Å². The molecule has 1 aromatic carbocycles. The summed E-state index contributed by atoms with van der Waals surface area (Å²) in [6.07, 6.45) is 3.29. The highest BCUT2D eigenvalue weighted by Crippen LogP contribution is 2.42. The van der Waals surface area contributed by atoms with Gasteiger partial charge in [0, 0.05) is 23.7 Å². The molecule has 2 bridgehead atoms. The van der Waals surface area contributed by atoms with Gasteiger partial charge >= 0.3 is 0 Å². The molecular weight excluding hydrogens is 248 g/mol. The summed E-state index contributed by atoms with van der Waals surface area (Å²) >= 11 is 0. The average Bonchev–Trinajstić information content (AvgIpc) is 2.61. The van der Waals surface area contributed by atoms with Gasteiger partial charge < -0.3 is 10.0 Å². The van der Waals surface area contributed by atoms with E-state index in [1.165, 1.54) is 12.1 Å². The Morgan fingerprint density at radius 1 is 1.21 bits per heavy atom. The fraction of sp³-hybridized carbons (Fsp3) is 0.600. The first-order valence-corrected chi connectivity index (χ1v) is 6.91. The van der Waals surface area contributed by atoms with Crippen molar-refractivity contribution in [3.8, 4) is 0 Å². The molecule has 104 valence electrons. The SMILES string of the molecule is CN1C2CCC1CC(C(O)c1ccc(F)cc1F)C2. The van der Waals surface area contributed by atoms with Gasteiger partial charge in [-0.05, 0) is 44.7 Å². The maximum atomic E-state index is 13.7. The minimum Gasteiger partial charge on any atom is -0.388 e. The summed E-state index contributed by atoms with van der Waals surface area (Å²) in [4.78, 5) is 2.38. The van der Waals surface area contributed by atoms with Crippen molar-refractivity contribution in [2.45, 2.75) is 43.9 Å². The molecule has 2 nitrogen and oxygen atoms in total. The van der Waals surface area contributed by atoms with Crippen LogP contribution in [0.2, 0.25) is 0 Å². The van der Waals surface area contributed by atoms with Crippen LogP contribution in [-0.2, 0) is 0 Å². The molecule has 19 heavy (non-hydrogen) atoms. The zero-order chi connectivity index (χ0) is 13.6. The van der Waals surface area contributed by atoms with Crippen molar-refractivity contribution < 1.29 is 13.9 Å². The Morgan fingerprint density at radius 2 is 1.84 bits per heavy atom. The summed E-state index contributed by atoms with van der Waals surface area (Å²) in [6.45, 7) is 0. The highest BCUT2D eigenvalue weighted by molar-refractivity contribution is 5.22. The minimum absolute atomic E-state index is 0.0775. The minimum atomic E-state index is -0.822. The molecular formula is C15H19F2NO. The Balaban J connectivity index is 1.79. The molecule has 1 aromatic rings. The predicted molar refractivity (Wildman–Crippen MR) is 68.6 cm³/mol. The maximum absolute atomic E-state index is 13.7. The molecule has 3 atom stereocenters. The van der Waals surface area contributed by atoms with Crippen LogP contribution in [0.1, 0.15) is 37.4 Å². The summed E-state index contributed by atoms with van der Waals surface area (Å²) < 4.78 is 26.6. The largest absolute Gasteiger partial charge is 0.388 e. The second kappa shape index (κ2) is 4.84. The zero-order valence-corrected chi connectivity index (χ0v) is 11.0. The molecule has 2 fully saturated rings. The van der Waals surface area contributed by atoms with Crippen LogP contribution in [0.25, 0.3) is 0 Å². The molecule has 1 N–H and O–H groups in total. The van der Waals surface area contributed by atoms with Crippen LogP contribution in [0.4, 0.5) is 8.78 Å². The molecule has 0 aliphatic carbocycles. The van der Waals surface area contributed by atoms with Gasteiger partial charge in [-0.15, -0.1) is 0 Å². The van der Waals surface area contributed by atoms with Crippen LogP contribution in [0, 0.1) is 17.6 Å². The van der Waals surface area contributed by atoms with Crippen molar-refractivity contribution in [3.05, 3.63) is 35.4 Å². The average molecular weight is 267 g/mol. The monoisotopic (exact) mass is 267 g/mol. The third kappa shape index (κ3) is 2.28. The topological polar surface area (TPSA) is 23.5 Å². The predicted octanol–water partition coefficient (Wildman–Crippen LogP) is 2.87.